The number of benzene rings is 1. The van der Waals surface area contributed by atoms with Crippen LogP contribution < -0.4 is 0 Å². The van der Waals surface area contributed by atoms with Crippen molar-refractivity contribution in [3.05, 3.63) is 35.6 Å². The summed E-state index contributed by atoms with van der Waals surface area (Å²) in [5.74, 6) is -0.441. The second-order valence-electron chi connectivity index (χ2n) is 9.35. The maximum Gasteiger partial charge on any atom is 0.241 e. The molecule has 4 atom stereocenters. The van der Waals surface area contributed by atoms with Crippen LogP contribution >= 0.6 is 0 Å². The Morgan fingerprint density at radius 1 is 1.33 bits per heavy atom. The molecule has 0 aliphatic carbocycles. The fourth-order valence-electron chi connectivity index (χ4n) is 5.47. The minimum Gasteiger partial charge on any atom is -0.328 e. The highest BCUT2D eigenvalue weighted by Gasteiger charge is 2.54. The molecule has 3 heterocycles. The molecule has 7 heteroatoms. The van der Waals surface area contributed by atoms with E-state index in [1.807, 2.05) is 25.7 Å². The number of nitrogens with zero attached hydrogens (tertiary/aromatic N) is 4. The number of rotatable bonds is 5. The summed E-state index contributed by atoms with van der Waals surface area (Å²) in [5, 5.41) is 9.26. The SMILES string of the molecule is C[C@@H](CN1C[C@H]2C[C@@H]1C(=O)N2C(C)(C)c1ccc(F)cc1)C(=O)N1CCC[C@H]1C#N. The predicted octanol–water partition coefficient (Wildman–Crippen LogP) is 2.50. The molecular formula is C23H29FN4O2. The van der Waals surface area contributed by atoms with Gasteiger partial charge in [-0.1, -0.05) is 19.1 Å². The molecular weight excluding hydrogens is 383 g/mol. The first kappa shape index (κ1) is 20.8. The van der Waals surface area contributed by atoms with Crippen LogP contribution in [0.4, 0.5) is 4.39 Å². The Labute approximate surface area is 177 Å². The Kier molecular flexibility index (Phi) is 5.31. The lowest BCUT2D eigenvalue weighted by molar-refractivity contribution is -0.145. The molecule has 2 amide bonds. The second kappa shape index (κ2) is 7.66. The predicted molar refractivity (Wildman–Crippen MR) is 110 cm³/mol. The molecule has 0 N–H and O–H groups in total. The van der Waals surface area contributed by atoms with Crippen molar-refractivity contribution in [3.63, 3.8) is 0 Å². The van der Waals surface area contributed by atoms with E-state index in [1.54, 1.807) is 17.0 Å². The lowest BCUT2D eigenvalue weighted by atomic mass is 9.91. The summed E-state index contributed by atoms with van der Waals surface area (Å²) in [6.07, 6.45) is 2.38. The Morgan fingerprint density at radius 3 is 2.67 bits per heavy atom. The maximum atomic E-state index is 13.3. The summed E-state index contributed by atoms with van der Waals surface area (Å²) in [7, 11) is 0. The second-order valence-corrected chi connectivity index (χ2v) is 9.35. The Hall–Kier alpha value is -2.46. The number of piperazine rings is 1. The molecule has 0 radical (unpaired) electrons. The smallest absolute Gasteiger partial charge is 0.241 e. The highest BCUT2D eigenvalue weighted by atomic mass is 19.1. The molecule has 3 aliphatic rings. The van der Waals surface area contributed by atoms with Crippen molar-refractivity contribution in [2.45, 2.75) is 63.7 Å². The molecule has 1 aromatic rings. The van der Waals surface area contributed by atoms with Gasteiger partial charge < -0.3 is 9.80 Å². The van der Waals surface area contributed by atoms with E-state index < -0.39 is 5.54 Å². The molecule has 1 aromatic carbocycles. The topological polar surface area (TPSA) is 67.7 Å². The fourth-order valence-corrected chi connectivity index (χ4v) is 5.47. The van der Waals surface area contributed by atoms with Crippen LogP contribution in [0, 0.1) is 23.1 Å². The lowest BCUT2D eigenvalue weighted by Gasteiger charge is -2.44. The van der Waals surface area contributed by atoms with Crippen molar-refractivity contribution in [3.8, 4) is 6.07 Å². The van der Waals surface area contributed by atoms with Gasteiger partial charge in [-0.2, -0.15) is 5.26 Å². The van der Waals surface area contributed by atoms with Crippen LogP contribution in [0.1, 0.15) is 45.6 Å². The average Bonchev–Trinajstić information content (AvgIpc) is 3.41. The van der Waals surface area contributed by atoms with Crippen molar-refractivity contribution in [1.82, 2.24) is 14.7 Å². The minimum atomic E-state index is -0.521. The van der Waals surface area contributed by atoms with E-state index in [-0.39, 0.29) is 41.7 Å². The molecule has 0 aromatic heterocycles. The van der Waals surface area contributed by atoms with Crippen LogP contribution in [0.25, 0.3) is 0 Å². The number of fused-ring (bicyclic) bond motifs is 2. The molecule has 4 rings (SSSR count). The number of carbonyl (C=O) groups is 2. The van der Waals surface area contributed by atoms with Gasteiger partial charge in [-0.25, -0.2) is 4.39 Å². The van der Waals surface area contributed by atoms with Gasteiger partial charge in [0.05, 0.1) is 17.6 Å². The zero-order valence-electron chi connectivity index (χ0n) is 17.8. The number of halogens is 1. The quantitative estimate of drug-likeness (QED) is 0.745. The van der Waals surface area contributed by atoms with Crippen LogP contribution in [0.5, 0.6) is 0 Å². The van der Waals surface area contributed by atoms with E-state index in [2.05, 4.69) is 11.0 Å². The Morgan fingerprint density at radius 2 is 2.03 bits per heavy atom. The van der Waals surface area contributed by atoms with Gasteiger partial charge in [-0.15, -0.1) is 0 Å². The average molecular weight is 413 g/mol. The third kappa shape index (κ3) is 3.37. The summed E-state index contributed by atoms with van der Waals surface area (Å²) in [6, 6.07) is 8.14. The Balaban J connectivity index is 1.43. The minimum absolute atomic E-state index is 0.0118. The molecule has 3 aliphatic heterocycles. The third-order valence-electron chi connectivity index (χ3n) is 7.04. The normalized spacial score (nSPS) is 27.6. The van der Waals surface area contributed by atoms with Crippen molar-refractivity contribution in [2.75, 3.05) is 19.6 Å². The number of hydrogen-bond acceptors (Lipinski definition) is 4. The molecule has 3 fully saturated rings. The molecule has 0 unspecified atom stereocenters. The summed E-state index contributed by atoms with van der Waals surface area (Å²) in [6.45, 7) is 7.82. The first-order chi connectivity index (χ1) is 14.2. The van der Waals surface area contributed by atoms with Crippen LogP contribution in [0.2, 0.25) is 0 Å². The molecule has 3 saturated heterocycles. The van der Waals surface area contributed by atoms with E-state index in [0.717, 1.165) is 31.4 Å². The van der Waals surface area contributed by atoms with Gasteiger partial charge in [0, 0.05) is 31.6 Å². The monoisotopic (exact) mass is 412 g/mol. The molecule has 6 nitrogen and oxygen atoms in total. The highest BCUT2D eigenvalue weighted by Crippen LogP contribution is 2.41. The fraction of sp³-hybridized carbons (Fsp3) is 0.609. The van der Waals surface area contributed by atoms with E-state index in [1.165, 1.54) is 12.1 Å². The Bertz CT molecular complexity index is 878. The van der Waals surface area contributed by atoms with Gasteiger partial charge in [-0.3, -0.25) is 14.5 Å². The van der Waals surface area contributed by atoms with E-state index >= 15 is 0 Å². The maximum absolute atomic E-state index is 13.3. The standard InChI is InChI=1S/C23H29FN4O2/c1-15(21(29)27-10-4-5-18(27)12-25)13-26-14-19-11-20(26)22(30)28(19)23(2,3)16-6-8-17(24)9-7-16/h6-9,15,18-20H,4-5,10-11,13-14H2,1-3H3/t15-,18-,19+,20+/m0/s1. The summed E-state index contributed by atoms with van der Waals surface area (Å²) in [5.41, 5.74) is 0.393. The highest BCUT2D eigenvalue weighted by molar-refractivity contribution is 5.87. The van der Waals surface area contributed by atoms with Crippen molar-refractivity contribution >= 4 is 11.8 Å². The third-order valence-corrected chi connectivity index (χ3v) is 7.04. The van der Waals surface area contributed by atoms with Crippen LogP contribution in [-0.4, -0.2) is 64.3 Å². The van der Waals surface area contributed by atoms with E-state index in [4.69, 9.17) is 0 Å². The van der Waals surface area contributed by atoms with Crippen molar-refractivity contribution in [2.24, 2.45) is 5.92 Å². The molecule has 0 saturated carbocycles. The van der Waals surface area contributed by atoms with Crippen LogP contribution in [0.15, 0.2) is 24.3 Å². The van der Waals surface area contributed by atoms with Gasteiger partial charge in [0.15, 0.2) is 0 Å². The zero-order valence-corrected chi connectivity index (χ0v) is 17.8. The molecule has 0 spiro atoms. The zero-order chi connectivity index (χ0) is 21.6. The summed E-state index contributed by atoms with van der Waals surface area (Å²) >= 11 is 0. The number of nitriles is 1. The summed E-state index contributed by atoms with van der Waals surface area (Å²) in [4.78, 5) is 31.9. The van der Waals surface area contributed by atoms with E-state index in [9.17, 15) is 19.2 Å². The largest absolute Gasteiger partial charge is 0.328 e. The van der Waals surface area contributed by atoms with Crippen LogP contribution in [0.3, 0.4) is 0 Å². The van der Waals surface area contributed by atoms with Gasteiger partial charge >= 0.3 is 0 Å². The first-order valence-electron chi connectivity index (χ1n) is 10.8. The molecule has 2 bridgehead atoms. The number of carbonyl (C=O) groups excluding carboxylic acids is 2. The summed E-state index contributed by atoms with van der Waals surface area (Å²) < 4.78 is 13.3. The number of hydrogen-bond donors (Lipinski definition) is 0. The molecule has 160 valence electrons. The van der Waals surface area contributed by atoms with Crippen molar-refractivity contribution < 1.29 is 14.0 Å². The van der Waals surface area contributed by atoms with Gasteiger partial charge in [-0.05, 0) is 50.8 Å². The van der Waals surface area contributed by atoms with Gasteiger partial charge in [0.25, 0.3) is 0 Å². The van der Waals surface area contributed by atoms with E-state index in [0.29, 0.717) is 13.1 Å². The first-order valence-corrected chi connectivity index (χ1v) is 10.8. The number of amides is 2. The van der Waals surface area contributed by atoms with Crippen LogP contribution in [-0.2, 0) is 15.1 Å². The van der Waals surface area contributed by atoms with Gasteiger partial charge in [0.2, 0.25) is 11.8 Å². The van der Waals surface area contributed by atoms with Gasteiger partial charge in [0.1, 0.15) is 11.9 Å². The molecule has 30 heavy (non-hydrogen) atoms. The van der Waals surface area contributed by atoms with Crippen molar-refractivity contribution in [1.29, 1.82) is 5.26 Å². The number of likely N-dealkylation sites (tertiary alicyclic amines) is 3. The lowest BCUT2D eigenvalue weighted by Crippen LogP contribution is -2.57.